The molecule has 1 N–H and O–H groups in total. The van der Waals surface area contributed by atoms with Crippen LogP contribution in [0.15, 0.2) is 78.9 Å². The van der Waals surface area contributed by atoms with E-state index in [2.05, 4.69) is 10.8 Å². The van der Waals surface area contributed by atoms with E-state index in [1.807, 2.05) is 94.4 Å². The fraction of sp³-hybridized carbons (Fsp3) is 0.276. The van der Waals surface area contributed by atoms with Crippen molar-refractivity contribution >= 4 is 21.8 Å². The molecule has 0 saturated heterocycles. The molecule has 0 bridgehead atoms. The SMILES string of the molecule is C.CC.CC.O=C1C=C(c2ccc(OC3CCc4c(Oc5ccccc5)cccc43)cc2)S(=O)N1. The van der Waals surface area contributed by atoms with Crippen LogP contribution in [0.1, 0.15) is 64.3 Å². The molecule has 1 aliphatic heterocycles. The number of carbonyl (C=O) groups is 1. The van der Waals surface area contributed by atoms with Crippen molar-refractivity contribution in [3.05, 3.63) is 95.6 Å². The van der Waals surface area contributed by atoms with Gasteiger partial charge in [-0.1, -0.05) is 77.6 Å². The van der Waals surface area contributed by atoms with Gasteiger partial charge < -0.3 is 9.47 Å². The third-order valence-corrected chi connectivity index (χ3v) is 6.36. The van der Waals surface area contributed by atoms with Gasteiger partial charge in [-0.05, 0) is 54.3 Å². The minimum absolute atomic E-state index is 0. The largest absolute Gasteiger partial charge is 0.486 e. The lowest BCUT2D eigenvalue weighted by Gasteiger charge is -2.16. The van der Waals surface area contributed by atoms with E-state index >= 15 is 0 Å². The molecule has 2 aliphatic rings. The fourth-order valence-electron chi connectivity index (χ4n) is 3.82. The molecular weight excluding hydrogens is 458 g/mol. The van der Waals surface area contributed by atoms with E-state index in [1.165, 1.54) is 11.6 Å². The maximum Gasteiger partial charge on any atom is 0.257 e. The van der Waals surface area contributed by atoms with Crippen LogP contribution in [0.25, 0.3) is 4.91 Å². The zero-order valence-electron chi connectivity index (χ0n) is 20.0. The van der Waals surface area contributed by atoms with E-state index < -0.39 is 11.0 Å². The quantitative estimate of drug-likeness (QED) is 0.403. The van der Waals surface area contributed by atoms with Crippen LogP contribution in [0.2, 0.25) is 0 Å². The molecule has 1 amide bonds. The van der Waals surface area contributed by atoms with E-state index in [9.17, 15) is 9.00 Å². The first-order valence-electron chi connectivity index (χ1n) is 11.7. The molecule has 0 fully saturated rings. The summed E-state index contributed by atoms with van der Waals surface area (Å²) in [6, 6.07) is 23.2. The monoisotopic (exact) mass is 493 g/mol. The summed E-state index contributed by atoms with van der Waals surface area (Å²) in [6.07, 6.45) is 3.09. The second-order valence-electron chi connectivity index (χ2n) is 7.15. The number of para-hydroxylation sites is 1. The van der Waals surface area contributed by atoms with Crippen LogP contribution in [0.4, 0.5) is 0 Å². The number of carbonyl (C=O) groups excluding carboxylic acids is 1. The van der Waals surface area contributed by atoms with E-state index in [1.54, 1.807) is 0 Å². The van der Waals surface area contributed by atoms with Gasteiger partial charge in [0.05, 0.1) is 4.91 Å². The maximum absolute atomic E-state index is 11.9. The molecule has 3 aromatic carbocycles. The van der Waals surface area contributed by atoms with Crippen molar-refractivity contribution in [2.75, 3.05) is 0 Å². The first-order valence-corrected chi connectivity index (χ1v) is 12.9. The Kier molecular flexibility index (Phi) is 10.7. The van der Waals surface area contributed by atoms with E-state index in [-0.39, 0.29) is 19.4 Å². The molecule has 35 heavy (non-hydrogen) atoms. The van der Waals surface area contributed by atoms with Gasteiger partial charge in [0.2, 0.25) is 0 Å². The van der Waals surface area contributed by atoms with Crippen molar-refractivity contribution in [1.82, 2.24) is 4.72 Å². The highest BCUT2D eigenvalue weighted by molar-refractivity contribution is 7.93. The normalized spacial score (nSPS) is 17.3. The summed E-state index contributed by atoms with van der Waals surface area (Å²) in [5.74, 6) is 2.08. The lowest BCUT2D eigenvalue weighted by atomic mass is 10.1. The van der Waals surface area contributed by atoms with Crippen molar-refractivity contribution in [1.29, 1.82) is 0 Å². The Labute approximate surface area is 211 Å². The van der Waals surface area contributed by atoms with Gasteiger partial charge in [-0.15, -0.1) is 0 Å². The number of fused-ring (bicyclic) bond motifs is 1. The highest BCUT2D eigenvalue weighted by Crippen LogP contribution is 2.41. The zero-order valence-corrected chi connectivity index (χ0v) is 20.9. The van der Waals surface area contributed by atoms with Gasteiger partial charge in [-0.2, -0.15) is 0 Å². The van der Waals surface area contributed by atoms with Crippen molar-refractivity contribution < 1.29 is 18.5 Å². The maximum atomic E-state index is 11.9. The number of amides is 1. The molecular formula is C29H35NO4S. The standard InChI is InChI=1S/C24H19NO4S.2C2H6.CH4/c26-24-15-23(30(27)25-24)16-9-11-18(12-10-16)29-22-14-13-20-19(22)7-4-8-21(20)28-17-5-2-1-3-6-17;2*1-2;/h1-12,15,22H,13-14H2,(H,25,26);2*1-2H3;1H4. The van der Waals surface area contributed by atoms with Gasteiger partial charge in [-0.3, -0.25) is 9.52 Å². The molecule has 6 heteroatoms. The van der Waals surface area contributed by atoms with Crippen molar-refractivity contribution in [3.63, 3.8) is 0 Å². The van der Waals surface area contributed by atoms with Crippen LogP contribution in [0.5, 0.6) is 17.2 Å². The topological polar surface area (TPSA) is 64.6 Å². The molecule has 0 saturated carbocycles. The van der Waals surface area contributed by atoms with Crippen LogP contribution < -0.4 is 14.2 Å². The van der Waals surface area contributed by atoms with E-state index in [4.69, 9.17) is 9.47 Å². The minimum atomic E-state index is -1.49. The molecule has 0 radical (unpaired) electrons. The van der Waals surface area contributed by atoms with Gasteiger partial charge in [0.25, 0.3) is 5.91 Å². The zero-order chi connectivity index (χ0) is 24.5. The predicted molar refractivity (Wildman–Crippen MR) is 145 cm³/mol. The molecule has 2 unspecified atom stereocenters. The Bertz CT molecular complexity index is 1160. The Morgan fingerprint density at radius 2 is 1.54 bits per heavy atom. The molecule has 3 aromatic rings. The second-order valence-corrected chi connectivity index (χ2v) is 8.33. The third kappa shape index (κ3) is 6.61. The van der Waals surface area contributed by atoms with Crippen molar-refractivity contribution in [2.45, 2.75) is 54.1 Å². The molecule has 0 spiro atoms. The molecule has 1 heterocycles. The number of hydrogen-bond acceptors (Lipinski definition) is 4. The van der Waals surface area contributed by atoms with Gasteiger partial charge in [-0.25, -0.2) is 4.21 Å². The number of nitrogens with one attached hydrogen (secondary N) is 1. The lowest BCUT2D eigenvalue weighted by molar-refractivity contribution is -0.114. The van der Waals surface area contributed by atoms with Crippen LogP contribution in [-0.4, -0.2) is 10.1 Å². The molecule has 2 atom stereocenters. The Hall–Kier alpha value is -3.38. The summed E-state index contributed by atoms with van der Waals surface area (Å²) in [4.78, 5) is 11.9. The van der Waals surface area contributed by atoms with E-state index in [0.29, 0.717) is 4.91 Å². The fourth-order valence-corrected chi connectivity index (χ4v) is 4.73. The average Bonchev–Trinajstić information content (AvgIpc) is 3.45. The summed E-state index contributed by atoms with van der Waals surface area (Å²) in [7, 11) is -1.49. The van der Waals surface area contributed by atoms with Crippen LogP contribution in [0, 0.1) is 0 Å². The van der Waals surface area contributed by atoms with Crippen molar-refractivity contribution in [2.24, 2.45) is 0 Å². The Morgan fingerprint density at radius 1 is 0.857 bits per heavy atom. The van der Waals surface area contributed by atoms with Gasteiger partial charge in [0, 0.05) is 11.6 Å². The van der Waals surface area contributed by atoms with E-state index in [0.717, 1.165) is 41.2 Å². The average molecular weight is 494 g/mol. The first-order chi connectivity index (χ1) is 16.7. The summed E-state index contributed by atoms with van der Waals surface area (Å²) < 4.78 is 26.6. The summed E-state index contributed by atoms with van der Waals surface area (Å²) in [5, 5.41) is 0. The van der Waals surface area contributed by atoms with Gasteiger partial charge in [0.1, 0.15) is 23.4 Å². The smallest absolute Gasteiger partial charge is 0.257 e. The highest BCUT2D eigenvalue weighted by atomic mass is 32.2. The molecule has 1 aliphatic carbocycles. The lowest BCUT2D eigenvalue weighted by Crippen LogP contribution is -2.16. The minimum Gasteiger partial charge on any atom is -0.486 e. The van der Waals surface area contributed by atoms with Crippen LogP contribution in [0.3, 0.4) is 0 Å². The summed E-state index contributed by atoms with van der Waals surface area (Å²) >= 11 is 0. The molecule has 5 nitrogen and oxygen atoms in total. The Balaban J connectivity index is 0.000000823. The third-order valence-electron chi connectivity index (χ3n) is 5.22. The summed E-state index contributed by atoms with van der Waals surface area (Å²) in [5.41, 5.74) is 3.06. The molecule has 186 valence electrons. The van der Waals surface area contributed by atoms with Crippen LogP contribution >= 0.6 is 0 Å². The first kappa shape index (κ1) is 27.9. The number of benzene rings is 3. The Morgan fingerprint density at radius 3 is 2.17 bits per heavy atom. The summed E-state index contributed by atoms with van der Waals surface area (Å²) in [6.45, 7) is 8.00. The number of hydrogen-bond donors (Lipinski definition) is 1. The van der Waals surface area contributed by atoms with Gasteiger partial charge in [0.15, 0.2) is 11.0 Å². The number of rotatable bonds is 5. The van der Waals surface area contributed by atoms with Gasteiger partial charge >= 0.3 is 0 Å². The van der Waals surface area contributed by atoms with Crippen molar-refractivity contribution in [3.8, 4) is 17.2 Å². The highest BCUT2D eigenvalue weighted by Gasteiger charge is 2.27. The molecule has 5 rings (SSSR count). The van der Waals surface area contributed by atoms with Crippen LogP contribution in [-0.2, 0) is 22.2 Å². The predicted octanol–water partition coefficient (Wildman–Crippen LogP) is 7.37. The number of ether oxygens (including phenoxy) is 2. The molecule has 0 aromatic heterocycles. The second kappa shape index (κ2) is 13.5.